The fraction of sp³-hybridized carbons (Fsp3) is 0.211. The van der Waals surface area contributed by atoms with E-state index in [0.29, 0.717) is 5.57 Å². The van der Waals surface area contributed by atoms with Crippen LogP contribution in [0, 0.1) is 0 Å². The molecule has 0 spiro atoms. The van der Waals surface area contributed by atoms with Gasteiger partial charge in [0.2, 0.25) is 10.0 Å². The maximum absolute atomic E-state index is 12.8. The predicted molar refractivity (Wildman–Crippen MR) is 98.9 cm³/mol. The van der Waals surface area contributed by atoms with Crippen LogP contribution >= 0.6 is 0 Å². The first-order valence-electron chi connectivity index (χ1n) is 8.09. The molecule has 1 amide bonds. The van der Waals surface area contributed by atoms with E-state index in [4.69, 9.17) is 9.88 Å². The SMILES string of the molecule is C[C@H](c1ccc(S(N)(=O)=O)cc1)N(C)C(=O)C1=Cc2ccccc2OC1. The summed E-state index contributed by atoms with van der Waals surface area (Å²) in [5.41, 5.74) is 2.26. The van der Waals surface area contributed by atoms with Crippen molar-refractivity contribution >= 4 is 22.0 Å². The zero-order valence-corrected chi connectivity index (χ0v) is 15.4. The molecule has 7 heteroatoms. The van der Waals surface area contributed by atoms with Gasteiger partial charge in [-0.25, -0.2) is 13.6 Å². The Labute approximate surface area is 152 Å². The third kappa shape index (κ3) is 3.63. The van der Waals surface area contributed by atoms with Crippen LogP contribution in [0.3, 0.4) is 0 Å². The van der Waals surface area contributed by atoms with Gasteiger partial charge in [-0.1, -0.05) is 30.3 Å². The normalized spacial score (nSPS) is 14.7. The minimum absolute atomic E-state index is 0.0439. The van der Waals surface area contributed by atoms with Crippen molar-refractivity contribution in [1.82, 2.24) is 4.90 Å². The van der Waals surface area contributed by atoms with Crippen molar-refractivity contribution in [3.05, 3.63) is 65.2 Å². The summed E-state index contributed by atoms with van der Waals surface area (Å²) in [5.74, 6) is 0.626. The average molecular weight is 372 g/mol. The lowest BCUT2D eigenvalue weighted by molar-refractivity contribution is -0.128. The summed E-state index contributed by atoms with van der Waals surface area (Å²) in [5, 5.41) is 5.11. The molecule has 0 aromatic heterocycles. The minimum Gasteiger partial charge on any atom is -0.488 e. The van der Waals surface area contributed by atoms with E-state index >= 15 is 0 Å². The summed E-state index contributed by atoms with van der Waals surface area (Å²) >= 11 is 0. The maximum atomic E-state index is 12.8. The molecule has 2 aromatic rings. The molecule has 2 aromatic carbocycles. The molecule has 136 valence electrons. The summed E-state index contributed by atoms with van der Waals surface area (Å²) in [6.45, 7) is 2.10. The van der Waals surface area contributed by atoms with E-state index in [1.807, 2.05) is 37.3 Å². The van der Waals surface area contributed by atoms with Gasteiger partial charge in [-0.05, 0) is 36.8 Å². The van der Waals surface area contributed by atoms with E-state index in [0.717, 1.165) is 16.9 Å². The molecule has 1 aliphatic heterocycles. The van der Waals surface area contributed by atoms with Gasteiger partial charge in [0.1, 0.15) is 12.4 Å². The van der Waals surface area contributed by atoms with Crippen LogP contribution in [-0.2, 0) is 14.8 Å². The summed E-state index contributed by atoms with van der Waals surface area (Å²) in [6, 6.07) is 13.5. The van der Waals surface area contributed by atoms with Crippen LogP contribution in [0.1, 0.15) is 24.1 Å². The van der Waals surface area contributed by atoms with Crippen molar-refractivity contribution in [1.29, 1.82) is 0 Å². The number of sulfonamides is 1. The number of nitrogens with two attached hydrogens (primary N) is 1. The summed E-state index contributed by atoms with van der Waals surface area (Å²) in [4.78, 5) is 14.5. The third-order valence-electron chi connectivity index (χ3n) is 4.50. The number of benzene rings is 2. The smallest absolute Gasteiger partial charge is 0.253 e. The Morgan fingerprint density at radius 1 is 1.15 bits per heavy atom. The summed E-state index contributed by atoms with van der Waals surface area (Å²) < 4.78 is 28.4. The van der Waals surface area contributed by atoms with Gasteiger partial charge in [-0.2, -0.15) is 0 Å². The number of primary sulfonamides is 1. The van der Waals surface area contributed by atoms with E-state index in [-0.39, 0.29) is 23.5 Å². The molecule has 26 heavy (non-hydrogen) atoms. The Kier molecular flexibility index (Phi) is 4.84. The van der Waals surface area contributed by atoms with Crippen LogP contribution in [0.2, 0.25) is 0 Å². The van der Waals surface area contributed by atoms with Crippen molar-refractivity contribution in [2.45, 2.75) is 17.9 Å². The predicted octanol–water partition coefficient (Wildman–Crippen LogP) is 2.33. The molecule has 1 aliphatic rings. The maximum Gasteiger partial charge on any atom is 0.253 e. The Balaban J connectivity index is 1.79. The molecule has 0 radical (unpaired) electrons. The van der Waals surface area contributed by atoms with Crippen LogP contribution in [-0.4, -0.2) is 32.9 Å². The number of amides is 1. The summed E-state index contributed by atoms with van der Waals surface area (Å²) in [6.07, 6.45) is 1.84. The lowest BCUT2D eigenvalue weighted by Gasteiger charge is -2.28. The zero-order valence-electron chi connectivity index (χ0n) is 14.5. The van der Waals surface area contributed by atoms with Crippen molar-refractivity contribution in [2.24, 2.45) is 5.14 Å². The monoisotopic (exact) mass is 372 g/mol. The molecule has 1 heterocycles. The van der Waals surface area contributed by atoms with E-state index in [1.54, 1.807) is 24.1 Å². The minimum atomic E-state index is -3.73. The van der Waals surface area contributed by atoms with Crippen molar-refractivity contribution in [3.8, 4) is 5.75 Å². The van der Waals surface area contributed by atoms with Crippen LogP contribution < -0.4 is 9.88 Å². The molecule has 3 rings (SSSR count). The largest absolute Gasteiger partial charge is 0.488 e. The molecule has 0 aliphatic carbocycles. The molecule has 6 nitrogen and oxygen atoms in total. The van der Waals surface area contributed by atoms with E-state index in [9.17, 15) is 13.2 Å². The highest BCUT2D eigenvalue weighted by molar-refractivity contribution is 7.89. The first kappa shape index (κ1) is 18.2. The molecule has 0 saturated heterocycles. The van der Waals surface area contributed by atoms with E-state index in [2.05, 4.69) is 0 Å². The molecule has 0 fully saturated rings. The Morgan fingerprint density at radius 3 is 2.46 bits per heavy atom. The molecular formula is C19H20N2O4S. The van der Waals surface area contributed by atoms with E-state index < -0.39 is 10.0 Å². The van der Waals surface area contributed by atoms with Crippen LogP contribution in [0.25, 0.3) is 6.08 Å². The fourth-order valence-electron chi connectivity index (χ4n) is 2.80. The molecule has 0 bridgehead atoms. The fourth-order valence-corrected chi connectivity index (χ4v) is 3.32. The molecule has 1 atom stereocenters. The number of nitrogens with zero attached hydrogens (tertiary/aromatic N) is 1. The first-order valence-corrected chi connectivity index (χ1v) is 9.64. The number of ether oxygens (including phenoxy) is 1. The first-order chi connectivity index (χ1) is 12.3. The van der Waals surface area contributed by atoms with Crippen LogP contribution in [0.15, 0.2) is 59.0 Å². The average Bonchev–Trinajstić information content (AvgIpc) is 2.65. The highest BCUT2D eigenvalue weighted by Gasteiger charge is 2.24. The summed E-state index contributed by atoms with van der Waals surface area (Å²) in [7, 11) is -2.02. The molecule has 0 unspecified atom stereocenters. The second kappa shape index (κ2) is 6.93. The van der Waals surface area contributed by atoms with Gasteiger partial charge in [-0.3, -0.25) is 4.79 Å². The van der Waals surface area contributed by atoms with Gasteiger partial charge in [0.15, 0.2) is 0 Å². The quantitative estimate of drug-likeness (QED) is 0.892. The molecule has 2 N–H and O–H groups in total. The highest BCUT2D eigenvalue weighted by Crippen LogP contribution is 2.28. The Hall–Kier alpha value is -2.64. The Bertz CT molecular complexity index is 965. The Morgan fingerprint density at radius 2 is 1.81 bits per heavy atom. The standard InChI is InChI=1S/C19H20N2O4S/c1-13(14-7-9-17(10-8-14)26(20,23)24)21(2)19(22)16-11-15-5-3-4-6-18(15)25-12-16/h3-11,13H,12H2,1-2H3,(H2,20,23,24)/t13-/m1/s1. The van der Waals surface area contributed by atoms with Crippen molar-refractivity contribution in [3.63, 3.8) is 0 Å². The van der Waals surface area contributed by atoms with Crippen LogP contribution in [0.5, 0.6) is 5.75 Å². The number of carbonyl (C=O) groups is 1. The number of hydrogen-bond acceptors (Lipinski definition) is 4. The third-order valence-corrected chi connectivity index (χ3v) is 5.43. The highest BCUT2D eigenvalue weighted by atomic mass is 32.2. The van der Waals surface area contributed by atoms with E-state index in [1.165, 1.54) is 12.1 Å². The number of rotatable bonds is 4. The van der Waals surface area contributed by atoms with Gasteiger partial charge in [0.05, 0.1) is 16.5 Å². The number of hydrogen-bond donors (Lipinski definition) is 1. The number of carbonyl (C=O) groups excluding carboxylic acids is 1. The zero-order chi connectivity index (χ0) is 18.9. The van der Waals surface area contributed by atoms with Gasteiger partial charge >= 0.3 is 0 Å². The topological polar surface area (TPSA) is 89.7 Å². The second-order valence-electron chi connectivity index (χ2n) is 6.20. The van der Waals surface area contributed by atoms with Gasteiger partial charge in [0.25, 0.3) is 5.91 Å². The lowest BCUT2D eigenvalue weighted by atomic mass is 10.0. The lowest BCUT2D eigenvalue weighted by Crippen LogP contribution is -2.33. The molecular weight excluding hydrogens is 352 g/mol. The van der Waals surface area contributed by atoms with Gasteiger partial charge < -0.3 is 9.64 Å². The van der Waals surface area contributed by atoms with Crippen molar-refractivity contribution < 1.29 is 17.9 Å². The number of para-hydroxylation sites is 1. The second-order valence-corrected chi connectivity index (χ2v) is 7.76. The van der Waals surface area contributed by atoms with Crippen LogP contribution in [0.4, 0.5) is 0 Å². The van der Waals surface area contributed by atoms with Gasteiger partial charge in [-0.15, -0.1) is 0 Å². The van der Waals surface area contributed by atoms with Gasteiger partial charge in [0, 0.05) is 12.6 Å². The number of likely N-dealkylation sites (N-methyl/N-ethyl adjacent to an activating group) is 1. The molecule has 0 saturated carbocycles. The van der Waals surface area contributed by atoms with Crippen molar-refractivity contribution in [2.75, 3.05) is 13.7 Å². The number of fused-ring (bicyclic) bond motifs is 1.